The molecule has 1 unspecified atom stereocenters. The third kappa shape index (κ3) is 4.89. The predicted molar refractivity (Wildman–Crippen MR) is 106 cm³/mol. The second kappa shape index (κ2) is 8.97. The summed E-state index contributed by atoms with van der Waals surface area (Å²) in [6.45, 7) is 1.87. The van der Waals surface area contributed by atoms with Gasteiger partial charge in [0, 0.05) is 50.8 Å². The molecule has 0 radical (unpaired) electrons. The SMILES string of the molecule is Cn1cc(N2CCC3(CCCN(C(=O)c4ccncc4)C3)C2=O)cn1.O=C(O)C(F)(F)F. The Bertz CT molecular complexity index is 995. The Morgan fingerprint density at radius 2 is 1.81 bits per heavy atom. The lowest BCUT2D eigenvalue weighted by Crippen LogP contribution is -2.49. The fraction of sp³-hybridized carbons (Fsp3) is 0.450. The smallest absolute Gasteiger partial charge is 0.475 e. The first-order valence-electron chi connectivity index (χ1n) is 9.83. The molecule has 0 saturated carbocycles. The average molecular weight is 453 g/mol. The van der Waals surface area contributed by atoms with Gasteiger partial charge in [0.05, 0.1) is 17.3 Å². The van der Waals surface area contributed by atoms with Crippen LogP contribution in [0.3, 0.4) is 0 Å². The summed E-state index contributed by atoms with van der Waals surface area (Å²) in [5.74, 6) is -2.66. The number of aromatic nitrogens is 3. The fourth-order valence-electron chi connectivity index (χ4n) is 3.98. The topological polar surface area (TPSA) is 109 Å². The molecule has 2 saturated heterocycles. The van der Waals surface area contributed by atoms with Gasteiger partial charge < -0.3 is 14.9 Å². The summed E-state index contributed by atoms with van der Waals surface area (Å²) >= 11 is 0. The molecule has 0 aromatic carbocycles. The first-order chi connectivity index (χ1) is 15.0. The number of alkyl halides is 3. The third-order valence-corrected chi connectivity index (χ3v) is 5.55. The number of nitrogens with zero attached hydrogens (tertiary/aromatic N) is 5. The number of hydrogen-bond acceptors (Lipinski definition) is 5. The number of amides is 2. The van der Waals surface area contributed by atoms with E-state index in [-0.39, 0.29) is 11.8 Å². The van der Waals surface area contributed by atoms with Crippen molar-refractivity contribution < 1.29 is 32.7 Å². The highest BCUT2D eigenvalue weighted by Gasteiger charge is 2.50. The van der Waals surface area contributed by atoms with Gasteiger partial charge in [-0.1, -0.05) is 0 Å². The van der Waals surface area contributed by atoms with E-state index in [0.29, 0.717) is 25.2 Å². The molecular weight excluding hydrogens is 431 g/mol. The van der Waals surface area contributed by atoms with Gasteiger partial charge in [0.2, 0.25) is 5.91 Å². The van der Waals surface area contributed by atoms with Crippen molar-refractivity contribution in [3.63, 3.8) is 0 Å². The first-order valence-corrected chi connectivity index (χ1v) is 9.83. The van der Waals surface area contributed by atoms with Crippen molar-refractivity contribution in [2.24, 2.45) is 12.5 Å². The number of rotatable bonds is 2. The molecule has 2 amide bonds. The van der Waals surface area contributed by atoms with Crippen LogP contribution in [-0.4, -0.2) is 68.4 Å². The molecule has 1 spiro atoms. The molecule has 2 aromatic rings. The van der Waals surface area contributed by atoms with E-state index < -0.39 is 17.6 Å². The number of carbonyl (C=O) groups is 3. The third-order valence-electron chi connectivity index (χ3n) is 5.55. The first kappa shape index (κ1) is 23.2. The normalized spacial score (nSPS) is 20.8. The molecule has 12 heteroatoms. The minimum absolute atomic E-state index is 0.0193. The van der Waals surface area contributed by atoms with Crippen LogP contribution < -0.4 is 4.90 Å². The summed E-state index contributed by atoms with van der Waals surface area (Å²) < 4.78 is 33.4. The Labute approximate surface area is 181 Å². The van der Waals surface area contributed by atoms with Crippen molar-refractivity contribution in [2.75, 3.05) is 24.5 Å². The Kier molecular flexibility index (Phi) is 6.51. The molecule has 2 fully saturated rings. The Morgan fingerprint density at radius 1 is 1.16 bits per heavy atom. The molecule has 1 N–H and O–H groups in total. The van der Waals surface area contributed by atoms with Crippen LogP contribution >= 0.6 is 0 Å². The monoisotopic (exact) mass is 453 g/mol. The standard InChI is InChI=1S/C18H21N5O2.C2HF3O2/c1-21-12-15(11-20-21)23-10-6-18(17(23)25)5-2-9-22(13-18)16(24)14-3-7-19-8-4-14;3-2(4,5)1(6)7/h3-4,7-8,11-12H,2,5-6,9-10,13H2,1H3;(H,6,7). The Morgan fingerprint density at radius 3 is 2.38 bits per heavy atom. The number of pyridine rings is 1. The molecule has 0 bridgehead atoms. The van der Waals surface area contributed by atoms with Gasteiger partial charge >= 0.3 is 12.1 Å². The number of carbonyl (C=O) groups excluding carboxylic acids is 2. The van der Waals surface area contributed by atoms with Gasteiger partial charge in [-0.15, -0.1) is 0 Å². The quantitative estimate of drug-likeness (QED) is 0.746. The summed E-state index contributed by atoms with van der Waals surface area (Å²) in [6, 6.07) is 3.45. The highest BCUT2D eigenvalue weighted by atomic mass is 19.4. The van der Waals surface area contributed by atoms with Gasteiger partial charge in [0.15, 0.2) is 0 Å². The number of carboxylic acids is 1. The van der Waals surface area contributed by atoms with E-state index in [1.807, 2.05) is 23.0 Å². The van der Waals surface area contributed by atoms with Crippen molar-refractivity contribution in [2.45, 2.75) is 25.4 Å². The predicted octanol–water partition coefficient (Wildman–Crippen LogP) is 2.11. The molecule has 1 atom stereocenters. The molecule has 172 valence electrons. The Balaban J connectivity index is 0.000000360. The zero-order chi connectivity index (χ0) is 23.5. The van der Waals surface area contributed by atoms with E-state index in [0.717, 1.165) is 24.9 Å². The number of aryl methyl sites for hydroxylation is 1. The number of anilines is 1. The number of aliphatic carboxylic acids is 1. The lowest BCUT2D eigenvalue weighted by Gasteiger charge is -2.39. The zero-order valence-corrected chi connectivity index (χ0v) is 17.2. The summed E-state index contributed by atoms with van der Waals surface area (Å²) in [7, 11) is 1.84. The number of piperidine rings is 1. The second-order valence-electron chi connectivity index (χ2n) is 7.73. The molecule has 2 aromatic heterocycles. The number of halogens is 3. The molecule has 2 aliphatic rings. The van der Waals surface area contributed by atoms with Crippen LogP contribution in [0.1, 0.15) is 29.6 Å². The highest BCUT2D eigenvalue weighted by Crippen LogP contribution is 2.42. The Hall–Kier alpha value is -3.44. The number of carboxylic acid groups (broad SMARTS) is 1. The van der Waals surface area contributed by atoms with E-state index in [9.17, 15) is 22.8 Å². The van der Waals surface area contributed by atoms with Crippen molar-refractivity contribution in [1.29, 1.82) is 0 Å². The summed E-state index contributed by atoms with van der Waals surface area (Å²) in [5.41, 5.74) is 1.00. The van der Waals surface area contributed by atoms with Crippen molar-refractivity contribution in [3.05, 3.63) is 42.5 Å². The van der Waals surface area contributed by atoms with Crippen molar-refractivity contribution in [3.8, 4) is 0 Å². The second-order valence-corrected chi connectivity index (χ2v) is 7.73. The summed E-state index contributed by atoms with van der Waals surface area (Å²) in [6.07, 6.45) is 4.21. The molecule has 2 aliphatic heterocycles. The number of likely N-dealkylation sites (tertiary alicyclic amines) is 1. The lowest BCUT2D eigenvalue weighted by molar-refractivity contribution is -0.192. The van der Waals surface area contributed by atoms with Crippen LogP contribution in [0.15, 0.2) is 36.9 Å². The van der Waals surface area contributed by atoms with E-state index in [4.69, 9.17) is 9.90 Å². The van der Waals surface area contributed by atoms with Crippen LogP contribution in [0, 0.1) is 5.41 Å². The van der Waals surface area contributed by atoms with Gasteiger partial charge in [-0.25, -0.2) is 4.79 Å². The van der Waals surface area contributed by atoms with Gasteiger partial charge in [-0.3, -0.25) is 19.3 Å². The maximum absolute atomic E-state index is 13.1. The lowest BCUT2D eigenvalue weighted by atomic mass is 9.78. The minimum atomic E-state index is -5.08. The fourth-order valence-corrected chi connectivity index (χ4v) is 3.98. The molecule has 9 nitrogen and oxygen atoms in total. The van der Waals surface area contributed by atoms with E-state index in [1.165, 1.54) is 0 Å². The van der Waals surface area contributed by atoms with Gasteiger partial charge in [0.25, 0.3) is 5.91 Å². The van der Waals surface area contributed by atoms with Crippen LogP contribution in [0.25, 0.3) is 0 Å². The van der Waals surface area contributed by atoms with E-state index in [1.54, 1.807) is 35.4 Å². The van der Waals surface area contributed by atoms with Crippen molar-refractivity contribution in [1.82, 2.24) is 19.7 Å². The molecule has 0 aliphatic carbocycles. The maximum Gasteiger partial charge on any atom is 0.490 e. The highest BCUT2D eigenvalue weighted by molar-refractivity contribution is 6.01. The molecular formula is C20H22F3N5O4. The average Bonchev–Trinajstić information content (AvgIpc) is 3.31. The van der Waals surface area contributed by atoms with Crippen LogP contribution in [0.2, 0.25) is 0 Å². The van der Waals surface area contributed by atoms with Crippen LogP contribution in [0.4, 0.5) is 18.9 Å². The summed E-state index contributed by atoms with van der Waals surface area (Å²) in [5, 5.41) is 11.3. The van der Waals surface area contributed by atoms with Crippen LogP contribution in [0.5, 0.6) is 0 Å². The van der Waals surface area contributed by atoms with Crippen molar-refractivity contribution >= 4 is 23.5 Å². The number of hydrogen-bond donors (Lipinski definition) is 1. The zero-order valence-electron chi connectivity index (χ0n) is 17.2. The van der Waals surface area contributed by atoms with Gasteiger partial charge in [0.1, 0.15) is 0 Å². The molecule has 4 heterocycles. The van der Waals surface area contributed by atoms with Gasteiger partial charge in [-0.05, 0) is 31.4 Å². The minimum Gasteiger partial charge on any atom is -0.475 e. The van der Waals surface area contributed by atoms with Gasteiger partial charge in [-0.2, -0.15) is 18.3 Å². The maximum atomic E-state index is 13.1. The van der Waals surface area contributed by atoms with E-state index in [2.05, 4.69) is 10.1 Å². The molecule has 4 rings (SSSR count). The largest absolute Gasteiger partial charge is 0.490 e. The summed E-state index contributed by atoms with van der Waals surface area (Å²) in [4.78, 5) is 42.4. The van der Waals surface area contributed by atoms with Crippen LogP contribution in [-0.2, 0) is 16.6 Å². The van der Waals surface area contributed by atoms with E-state index >= 15 is 0 Å². The molecule has 32 heavy (non-hydrogen) atoms.